The van der Waals surface area contributed by atoms with E-state index in [2.05, 4.69) is 72.4 Å². The summed E-state index contributed by atoms with van der Waals surface area (Å²) in [6.07, 6.45) is 0. The lowest BCUT2D eigenvalue weighted by Gasteiger charge is -2.20. The van der Waals surface area contributed by atoms with Crippen molar-refractivity contribution in [3.63, 3.8) is 0 Å². The summed E-state index contributed by atoms with van der Waals surface area (Å²) >= 11 is 0. The number of carbonyl (C=O) groups excluding carboxylic acids is 2. The molecule has 0 N–H and O–H groups in total. The summed E-state index contributed by atoms with van der Waals surface area (Å²) in [6, 6.07) is 17.4. The molecule has 4 nitrogen and oxygen atoms in total. The molecule has 0 spiro atoms. The van der Waals surface area contributed by atoms with E-state index in [1.165, 1.54) is 43.0 Å². The molecule has 1 aliphatic rings. The van der Waals surface area contributed by atoms with Crippen LogP contribution in [0, 0.1) is 0 Å². The average molecular weight is 367 g/mol. The number of Topliss-reactive ketones (excluding diaryl/α,β-unsaturated/α-hetero) is 1. The van der Waals surface area contributed by atoms with Gasteiger partial charge in [-0.05, 0) is 29.2 Å². The number of nitrogens with zero attached hydrogens (tertiary/aromatic N) is 1. The number of hydrogen-bond donors (Lipinski definition) is 0. The third-order valence-electron chi connectivity index (χ3n) is 4.31. The van der Waals surface area contributed by atoms with Gasteiger partial charge in [-0.2, -0.15) is 0 Å². The van der Waals surface area contributed by atoms with Gasteiger partial charge in [-0.3, -0.25) is 4.79 Å². The lowest BCUT2D eigenvalue weighted by atomic mass is 9.82. The Morgan fingerprint density at radius 1 is 0.815 bits per heavy atom. The molecule has 0 saturated carbocycles. The first-order chi connectivity index (χ1) is 12.7. The minimum atomic E-state index is -0.527. The number of fused-ring (bicyclic) bond motifs is 3. The predicted octanol–water partition coefficient (Wildman–Crippen LogP) is 5.53. The van der Waals surface area contributed by atoms with Crippen molar-refractivity contribution in [2.24, 2.45) is 5.16 Å². The third-order valence-corrected chi connectivity index (χ3v) is 4.31. The van der Waals surface area contributed by atoms with E-state index in [0.717, 1.165) is 0 Å². The van der Waals surface area contributed by atoms with E-state index in [4.69, 9.17) is 0 Å². The Hall–Kier alpha value is -2.75. The van der Waals surface area contributed by atoms with Crippen LogP contribution in [0.5, 0.6) is 0 Å². The Balaban J connectivity index is 0.000000268. The van der Waals surface area contributed by atoms with E-state index in [1.807, 2.05) is 13.8 Å². The minimum Gasteiger partial charge on any atom is -0.318 e. The van der Waals surface area contributed by atoms with Gasteiger partial charge in [0.15, 0.2) is 5.78 Å². The number of hydrogen-bond acceptors (Lipinski definition) is 4. The lowest BCUT2D eigenvalue weighted by Crippen LogP contribution is -2.14. The van der Waals surface area contributed by atoms with Crippen LogP contribution in [0.4, 0.5) is 0 Å². The van der Waals surface area contributed by atoms with Gasteiger partial charge in [-0.1, -0.05) is 81.4 Å². The highest BCUT2D eigenvalue weighted by Gasteiger charge is 2.34. The molecule has 2 aromatic carbocycles. The van der Waals surface area contributed by atoms with E-state index < -0.39 is 5.97 Å². The number of ketones is 1. The monoisotopic (exact) mass is 367 g/mol. The molecule has 4 heteroatoms. The molecule has 0 atom stereocenters. The fraction of sp³-hybridized carbons (Fsp3) is 0.348. The van der Waals surface area contributed by atoms with Crippen molar-refractivity contribution in [1.29, 1.82) is 0 Å². The normalized spacial score (nSPS) is 13.1. The summed E-state index contributed by atoms with van der Waals surface area (Å²) in [6.45, 7) is 12.7. The van der Waals surface area contributed by atoms with Crippen molar-refractivity contribution in [2.75, 3.05) is 0 Å². The fourth-order valence-electron chi connectivity index (χ4n) is 2.87. The van der Waals surface area contributed by atoms with Gasteiger partial charge in [0.2, 0.25) is 0 Å². The van der Waals surface area contributed by atoms with Crippen molar-refractivity contribution in [3.05, 3.63) is 59.7 Å². The Labute approximate surface area is 162 Å². The van der Waals surface area contributed by atoms with Gasteiger partial charge in [0.05, 0.1) is 0 Å². The van der Waals surface area contributed by atoms with Crippen molar-refractivity contribution < 1.29 is 14.4 Å². The number of rotatable bonds is 2. The molecule has 0 fully saturated rings. The highest BCUT2D eigenvalue weighted by Crippen LogP contribution is 2.47. The molecule has 0 radical (unpaired) electrons. The second-order valence-electron chi connectivity index (χ2n) is 6.53. The quantitative estimate of drug-likeness (QED) is 0.398. The maximum atomic E-state index is 10.4. The number of benzene rings is 2. The Morgan fingerprint density at radius 2 is 1.22 bits per heavy atom. The zero-order valence-electron chi connectivity index (χ0n) is 17.3. The maximum Gasteiger partial charge on any atom is 0.331 e. The molecule has 144 valence electrons. The predicted molar refractivity (Wildman–Crippen MR) is 111 cm³/mol. The van der Waals surface area contributed by atoms with E-state index in [9.17, 15) is 9.59 Å². The van der Waals surface area contributed by atoms with Gasteiger partial charge in [0.1, 0.15) is 5.71 Å². The van der Waals surface area contributed by atoms with Crippen LogP contribution in [0.15, 0.2) is 53.7 Å². The van der Waals surface area contributed by atoms with Gasteiger partial charge < -0.3 is 4.84 Å². The van der Waals surface area contributed by atoms with Crippen molar-refractivity contribution in [1.82, 2.24) is 0 Å². The summed E-state index contributed by atoms with van der Waals surface area (Å²) in [5, 5.41) is 3.24. The molecule has 27 heavy (non-hydrogen) atoms. The van der Waals surface area contributed by atoms with Gasteiger partial charge in [-0.25, -0.2) is 4.79 Å². The standard InChI is InChI=1S/C15H14.C6H9NO3.C2H6/c1-15(2)13-9-5-3-7-11(13)12-8-4-6-10-14(12)15;1-4(5(2)8)7-10-6(3)9;1-2/h3-10H,1-2H3;1-3H3;1-2H3/b;7-4+;. The van der Waals surface area contributed by atoms with Crippen LogP contribution in [-0.2, 0) is 19.8 Å². The first-order valence-corrected chi connectivity index (χ1v) is 9.17. The molecule has 0 heterocycles. The molecule has 0 unspecified atom stereocenters. The van der Waals surface area contributed by atoms with Crippen LogP contribution in [0.2, 0.25) is 0 Å². The number of carbonyl (C=O) groups is 2. The molecule has 0 saturated heterocycles. The second kappa shape index (κ2) is 9.81. The first kappa shape index (κ1) is 22.3. The molecular formula is C23H29NO3. The van der Waals surface area contributed by atoms with Crippen molar-refractivity contribution in [3.8, 4) is 11.1 Å². The van der Waals surface area contributed by atoms with Crippen LogP contribution in [0.1, 0.15) is 59.6 Å². The zero-order valence-corrected chi connectivity index (χ0v) is 17.3. The highest BCUT2D eigenvalue weighted by molar-refractivity contribution is 6.37. The molecule has 0 aromatic heterocycles. The molecule has 0 amide bonds. The SMILES string of the molecule is CC.CC(=O)O/N=C(\C)C(C)=O.CC1(C)c2ccccc2-c2ccccc21. The van der Waals surface area contributed by atoms with E-state index in [1.54, 1.807) is 0 Å². The first-order valence-electron chi connectivity index (χ1n) is 9.17. The molecule has 0 bridgehead atoms. The van der Waals surface area contributed by atoms with Crippen molar-refractivity contribution >= 4 is 17.5 Å². The van der Waals surface area contributed by atoms with E-state index >= 15 is 0 Å². The summed E-state index contributed by atoms with van der Waals surface area (Å²) in [5.74, 6) is -0.734. The van der Waals surface area contributed by atoms with Gasteiger partial charge in [0.25, 0.3) is 0 Å². The summed E-state index contributed by atoms with van der Waals surface area (Å²) in [7, 11) is 0. The van der Waals surface area contributed by atoms with Crippen LogP contribution in [-0.4, -0.2) is 17.5 Å². The van der Waals surface area contributed by atoms with Crippen molar-refractivity contribution in [2.45, 2.75) is 53.9 Å². The van der Waals surface area contributed by atoms with Crippen LogP contribution >= 0.6 is 0 Å². The van der Waals surface area contributed by atoms with Gasteiger partial charge in [0, 0.05) is 19.3 Å². The zero-order chi connectivity index (χ0) is 20.6. The fourth-order valence-corrected chi connectivity index (χ4v) is 2.87. The van der Waals surface area contributed by atoms with E-state index in [0.29, 0.717) is 0 Å². The smallest absolute Gasteiger partial charge is 0.318 e. The minimum absolute atomic E-state index is 0.160. The lowest BCUT2D eigenvalue weighted by molar-refractivity contribution is -0.140. The maximum absolute atomic E-state index is 10.4. The average Bonchev–Trinajstić information content (AvgIpc) is 2.90. The third kappa shape index (κ3) is 5.36. The van der Waals surface area contributed by atoms with Gasteiger partial charge in [-0.15, -0.1) is 0 Å². The molecule has 3 rings (SSSR count). The summed E-state index contributed by atoms with van der Waals surface area (Å²) < 4.78 is 0. The molecule has 2 aromatic rings. The molecule has 0 aliphatic heterocycles. The van der Waals surface area contributed by atoms with Crippen LogP contribution in [0.25, 0.3) is 11.1 Å². The summed E-state index contributed by atoms with van der Waals surface area (Å²) in [5.41, 5.74) is 6.05. The topological polar surface area (TPSA) is 55.7 Å². The van der Waals surface area contributed by atoms with Gasteiger partial charge >= 0.3 is 5.97 Å². The Bertz CT molecular complexity index is 788. The Kier molecular flexibility index (Phi) is 8.10. The highest BCUT2D eigenvalue weighted by atomic mass is 16.7. The van der Waals surface area contributed by atoms with Crippen LogP contribution in [0.3, 0.4) is 0 Å². The van der Waals surface area contributed by atoms with E-state index in [-0.39, 0.29) is 16.9 Å². The molecule has 1 aliphatic carbocycles. The van der Waals surface area contributed by atoms with Crippen LogP contribution < -0.4 is 0 Å². The number of oxime groups is 1. The largest absolute Gasteiger partial charge is 0.331 e. The summed E-state index contributed by atoms with van der Waals surface area (Å²) in [4.78, 5) is 24.8. The Morgan fingerprint density at radius 3 is 1.59 bits per heavy atom. The molecular weight excluding hydrogens is 338 g/mol. The second-order valence-corrected chi connectivity index (χ2v) is 6.53.